The lowest BCUT2D eigenvalue weighted by Gasteiger charge is -2.11. The fourth-order valence-electron chi connectivity index (χ4n) is 2.87. The van der Waals surface area contributed by atoms with Crippen LogP contribution in [0, 0.1) is 0 Å². The van der Waals surface area contributed by atoms with Crippen molar-refractivity contribution in [2.24, 2.45) is 0 Å². The molecule has 0 N–H and O–H groups in total. The summed E-state index contributed by atoms with van der Waals surface area (Å²) in [5.74, 6) is -1.37. The quantitative estimate of drug-likeness (QED) is 0.320. The third-order valence-corrected chi connectivity index (χ3v) is 3.79. The highest BCUT2D eigenvalue weighted by Gasteiger charge is 2.33. The molecule has 0 fully saturated rings. The molecular formula is C19H17NO4. The molecule has 0 spiro atoms. The summed E-state index contributed by atoms with van der Waals surface area (Å²) in [7, 11) is 0. The Morgan fingerprint density at radius 1 is 0.875 bits per heavy atom. The highest BCUT2D eigenvalue weighted by atomic mass is 16.6. The summed E-state index contributed by atoms with van der Waals surface area (Å²) in [4.78, 5) is 29.1. The maximum absolute atomic E-state index is 12.5. The van der Waals surface area contributed by atoms with Gasteiger partial charge in [0.25, 0.3) is 0 Å². The number of carbonyl (C=O) groups is 2. The lowest BCUT2D eigenvalue weighted by molar-refractivity contribution is -0.146. The van der Waals surface area contributed by atoms with Crippen LogP contribution in [0.25, 0.3) is 16.7 Å². The van der Waals surface area contributed by atoms with Gasteiger partial charge in [0.05, 0.1) is 13.2 Å². The van der Waals surface area contributed by atoms with Gasteiger partial charge >= 0.3 is 11.9 Å². The maximum atomic E-state index is 12.5. The molecular weight excluding hydrogens is 306 g/mol. The van der Waals surface area contributed by atoms with Crippen molar-refractivity contribution in [1.29, 1.82) is 0 Å². The van der Waals surface area contributed by atoms with E-state index in [9.17, 15) is 9.59 Å². The van der Waals surface area contributed by atoms with E-state index in [1.165, 1.54) is 0 Å². The summed E-state index contributed by atoms with van der Waals surface area (Å²) in [6, 6.07) is 9.49. The molecule has 5 nitrogen and oxygen atoms in total. The molecule has 1 heterocycles. The molecule has 0 atom stereocenters. The molecule has 0 saturated carbocycles. The van der Waals surface area contributed by atoms with E-state index in [2.05, 4.69) is 4.98 Å². The molecule has 3 rings (SSSR count). The minimum Gasteiger partial charge on any atom is -0.462 e. The van der Waals surface area contributed by atoms with Crippen LogP contribution in [0.15, 0.2) is 48.3 Å². The summed E-state index contributed by atoms with van der Waals surface area (Å²) in [6.07, 6.45) is 3.34. The van der Waals surface area contributed by atoms with E-state index in [0.29, 0.717) is 5.57 Å². The van der Waals surface area contributed by atoms with Crippen molar-refractivity contribution >= 4 is 17.5 Å². The Hall–Kier alpha value is -2.95. The molecule has 0 amide bonds. The van der Waals surface area contributed by atoms with E-state index < -0.39 is 11.9 Å². The van der Waals surface area contributed by atoms with E-state index >= 15 is 0 Å². The lowest BCUT2D eigenvalue weighted by atomic mass is 9.98. The van der Waals surface area contributed by atoms with Crippen molar-refractivity contribution in [3.8, 4) is 11.1 Å². The smallest absolute Gasteiger partial charge is 0.346 e. The van der Waals surface area contributed by atoms with Crippen LogP contribution in [0.2, 0.25) is 0 Å². The van der Waals surface area contributed by atoms with Crippen molar-refractivity contribution < 1.29 is 19.1 Å². The first-order valence-corrected chi connectivity index (χ1v) is 7.81. The van der Waals surface area contributed by atoms with Gasteiger partial charge in [0.15, 0.2) is 5.57 Å². The van der Waals surface area contributed by atoms with Crippen LogP contribution in [0.1, 0.15) is 25.0 Å². The summed E-state index contributed by atoms with van der Waals surface area (Å²) in [6.45, 7) is 3.75. The fraction of sp³-hybridized carbons (Fsp3) is 0.211. The second-order valence-corrected chi connectivity index (χ2v) is 5.16. The average molecular weight is 323 g/mol. The first-order chi connectivity index (χ1) is 11.7. The molecule has 0 saturated heterocycles. The number of benzene rings is 1. The van der Waals surface area contributed by atoms with Crippen LogP contribution < -0.4 is 0 Å². The number of hydrogen-bond donors (Lipinski definition) is 0. The zero-order chi connectivity index (χ0) is 17.1. The Morgan fingerprint density at radius 3 is 2.08 bits per heavy atom. The van der Waals surface area contributed by atoms with Gasteiger partial charge in [0.2, 0.25) is 0 Å². The monoisotopic (exact) mass is 323 g/mol. The standard InChI is InChI=1S/C19H17NO4/c1-3-23-18(21)17(19(22)24-4-2)16-14-8-6-5-7-12(14)13-9-10-20-11-15(13)16/h5-11H,3-4H2,1-2H3. The normalized spacial score (nSPS) is 11.5. The highest BCUT2D eigenvalue weighted by Crippen LogP contribution is 2.45. The topological polar surface area (TPSA) is 65.5 Å². The number of hydrogen-bond acceptors (Lipinski definition) is 5. The van der Waals surface area contributed by atoms with Gasteiger partial charge in [0.1, 0.15) is 0 Å². The van der Waals surface area contributed by atoms with Gasteiger partial charge < -0.3 is 9.47 Å². The predicted molar refractivity (Wildman–Crippen MR) is 89.0 cm³/mol. The molecule has 1 aliphatic carbocycles. The Kier molecular flexibility index (Phi) is 4.42. The van der Waals surface area contributed by atoms with Gasteiger partial charge in [-0.05, 0) is 36.6 Å². The van der Waals surface area contributed by atoms with E-state index in [-0.39, 0.29) is 18.8 Å². The second kappa shape index (κ2) is 6.66. The number of pyridine rings is 1. The highest BCUT2D eigenvalue weighted by molar-refractivity contribution is 6.24. The molecule has 0 bridgehead atoms. The largest absolute Gasteiger partial charge is 0.462 e. The fourth-order valence-corrected chi connectivity index (χ4v) is 2.87. The van der Waals surface area contributed by atoms with Crippen molar-refractivity contribution in [3.05, 3.63) is 59.4 Å². The molecule has 1 aliphatic rings. The van der Waals surface area contributed by atoms with Gasteiger partial charge in [-0.2, -0.15) is 0 Å². The molecule has 5 heteroatoms. The number of nitrogens with zero attached hydrogens (tertiary/aromatic N) is 1. The number of fused-ring (bicyclic) bond motifs is 3. The molecule has 0 unspecified atom stereocenters. The third kappa shape index (κ3) is 2.58. The van der Waals surface area contributed by atoms with Crippen molar-refractivity contribution in [1.82, 2.24) is 4.98 Å². The first-order valence-electron chi connectivity index (χ1n) is 7.81. The Balaban J connectivity index is 2.31. The molecule has 0 radical (unpaired) electrons. The van der Waals surface area contributed by atoms with Crippen LogP contribution in [-0.2, 0) is 19.1 Å². The summed E-state index contributed by atoms with van der Waals surface area (Å²) < 4.78 is 10.2. The molecule has 24 heavy (non-hydrogen) atoms. The second-order valence-electron chi connectivity index (χ2n) is 5.16. The lowest BCUT2D eigenvalue weighted by Crippen LogP contribution is -2.20. The summed E-state index contributed by atoms with van der Waals surface area (Å²) >= 11 is 0. The van der Waals surface area contributed by atoms with Gasteiger partial charge in [0, 0.05) is 23.5 Å². The molecule has 122 valence electrons. The van der Waals surface area contributed by atoms with Crippen LogP contribution in [-0.4, -0.2) is 30.1 Å². The molecule has 0 aliphatic heterocycles. The number of ether oxygens (including phenoxy) is 2. The zero-order valence-corrected chi connectivity index (χ0v) is 13.5. The summed E-state index contributed by atoms with van der Waals surface area (Å²) in [5, 5.41) is 0. The Bertz CT molecular complexity index is 771. The van der Waals surface area contributed by atoms with Gasteiger partial charge in [-0.3, -0.25) is 4.98 Å². The maximum Gasteiger partial charge on any atom is 0.346 e. The van der Waals surface area contributed by atoms with Crippen molar-refractivity contribution in [2.75, 3.05) is 13.2 Å². The molecule has 1 aromatic carbocycles. The third-order valence-electron chi connectivity index (χ3n) is 3.79. The zero-order valence-electron chi connectivity index (χ0n) is 13.5. The number of rotatable bonds is 4. The number of carbonyl (C=O) groups excluding carboxylic acids is 2. The van der Waals surface area contributed by atoms with Crippen LogP contribution in [0.4, 0.5) is 0 Å². The van der Waals surface area contributed by atoms with Crippen LogP contribution >= 0.6 is 0 Å². The Morgan fingerprint density at radius 2 is 1.46 bits per heavy atom. The summed E-state index contributed by atoms with van der Waals surface area (Å²) in [5.41, 5.74) is 3.85. The van der Waals surface area contributed by atoms with Gasteiger partial charge in [-0.25, -0.2) is 9.59 Å². The van der Waals surface area contributed by atoms with Crippen LogP contribution in [0.5, 0.6) is 0 Å². The van der Waals surface area contributed by atoms with E-state index in [1.807, 2.05) is 30.3 Å². The minimum absolute atomic E-state index is 0.0853. The average Bonchev–Trinajstić information content (AvgIpc) is 2.91. The predicted octanol–water partition coefficient (Wildman–Crippen LogP) is 2.99. The van der Waals surface area contributed by atoms with E-state index in [4.69, 9.17) is 9.47 Å². The first kappa shape index (κ1) is 15.9. The van der Waals surface area contributed by atoms with E-state index in [1.54, 1.807) is 26.2 Å². The molecule has 2 aromatic rings. The Labute approximate surface area is 139 Å². The SMILES string of the molecule is CCOC(=O)C(C(=O)OCC)=C1c2ccccc2-c2ccncc21. The van der Waals surface area contributed by atoms with Gasteiger partial charge in [-0.1, -0.05) is 24.3 Å². The number of esters is 2. The van der Waals surface area contributed by atoms with E-state index in [0.717, 1.165) is 22.3 Å². The van der Waals surface area contributed by atoms with Crippen molar-refractivity contribution in [2.45, 2.75) is 13.8 Å². The van der Waals surface area contributed by atoms with Crippen LogP contribution in [0.3, 0.4) is 0 Å². The number of aromatic nitrogens is 1. The minimum atomic E-state index is -0.683. The molecule has 1 aromatic heterocycles. The van der Waals surface area contributed by atoms with Crippen molar-refractivity contribution in [3.63, 3.8) is 0 Å². The van der Waals surface area contributed by atoms with Gasteiger partial charge in [-0.15, -0.1) is 0 Å².